The van der Waals surface area contributed by atoms with Crippen LogP contribution in [0, 0.1) is 6.92 Å². The number of hydrogen-bond donors (Lipinski definition) is 0. The predicted octanol–water partition coefficient (Wildman–Crippen LogP) is 5.06. The summed E-state index contributed by atoms with van der Waals surface area (Å²) in [4.78, 5) is 0. The molecule has 2 rings (SSSR count). The fourth-order valence-corrected chi connectivity index (χ4v) is 2.83. The van der Waals surface area contributed by atoms with Gasteiger partial charge in [-0.25, -0.2) is 0 Å². The van der Waals surface area contributed by atoms with Gasteiger partial charge in [0, 0.05) is 0 Å². The van der Waals surface area contributed by atoms with Gasteiger partial charge in [0.2, 0.25) is 0 Å². The second kappa shape index (κ2) is 4.71. The first kappa shape index (κ1) is 12.5. The molecule has 0 radical (unpaired) electrons. The van der Waals surface area contributed by atoms with Crippen LogP contribution in [0.25, 0.3) is 0 Å². The molecule has 0 spiro atoms. The van der Waals surface area contributed by atoms with Crippen LogP contribution in [-0.2, 0) is 6.18 Å². The quantitative estimate of drug-likeness (QED) is 0.645. The number of alkyl halides is 3. The highest BCUT2D eigenvalue weighted by Crippen LogP contribution is 2.41. The smallest absolute Gasteiger partial charge is 0.166 e. The lowest BCUT2D eigenvalue weighted by Gasteiger charge is -2.26. The Labute approximate surface area is 99.8 Å². The van der Waals surface area contributed by atoms with Crippen LogP contribution in [0.5, 0.6) is 0 Å². The maximum absolute atomic E-state index is 13.1. The van der Waals surface area contributed by atoms with E-state index in [2.05, 4.69) is 0 Å². The maximum Gasteiger partial charge on any atom is 0.416 e. The van der Waals surface area contributed by atoms with Crippen LogP contribution >= 0.6 is 0 Å². The zero-order chi connectivity index (χ0) is 12.5. The van der Waals surface area contributed by atoms with Crippen molar-refractivity contribution in [3.8, 4) is 0 Å². The summed E-state index contributed by atoms with van der Waals surface area (Å²) >= 11 is 0. The minimum Gasteiger partial charge on any atom is -0.166 e. The molecule has 0 bridgehead atoms. The molecule has 0 aromatic heterocycles. The van der Waals surface area contributed by atoms with Gasteiger partial charge in [-0.15, -0.1) is 0 Å². The molecule has 1 aliphatic carbocycles. The van der Waals surface area contributed by atoms with E-state index in [4.69, 9.17) is 0 Å². The lowest BCUT2D eigenvalue weighted by Crippen LogP contribution is -2.15. The van der Waals surface area contributed by atoms with E-state index in [1.165, 1.54) is 0 Å². The fraction of sp³-hybridized carbons (Fsp3) is 0.571. The van der Waals surface area contributed by atoms with Crippen molar-refractivity contribution < 1.29 is 13.2 Å². The third-order valence-corrected chi connectivity index (χ3v) is 3.63. The SMILES string of the molecule is Cc1cccc(C2CCCCC2)c1C(F)(F)F. The van der Waals surface area contributed by atoms with Crippen LogP contribution in [-0.4, -0.2) is 0 Å². The topological polar surface area (TPSA) is 0 Å². The van der Waals surface area contributed by atoms with Crippen molar-refractivity contribution in [2.45, 2.75) is 51.1 Å². The summed E-state index contributed by atoms with van der Waals surface area (Å²) in [5.41, 5.74) is 0.463. The molecule has 0 unspecified atom stereocenters. The van der Waals surface area contributed by atoms with E-state index in [1.54, 1.807) is 25.1 Å². The van der Waals surface area contributed by atoms with Crippen LogP contribution in [0.15, 0.2) is 18.2 Å². The molecule has 0 atom stereocenters. The molecule has 17 heavy (non-hydrogen) atoms. The fourth-order valence-electron chi connectivity index (χ4n) is 2.83. The van der Waals surface area contributed by atoms with Crippen LogP contribution in [0.2, 0.25) is 0 Å². The van der Waals surface area contributed by atoms with E-state index < -0.39 is 11.7 Å². The largest absolute Gasteiger partial charge is 0.416 e. The van der Waals surface area contributed by atoms with E-state index in [-0.39, 0.29) is 5.92 Å². The minimum atomic E-state index is -4.22. The molecule has 0 aliphatic heterocycles. The van der Waals surface area contributed by atoms with Gasteiger partial charge in [-0.3, -0.25) is 0 Å². The van der Waals surface area contributed by atoms with Gasteiger partial charge in [0.05, 0.1) is 5.56 Å². The molecule has 1 aromatic rings. The van der Waals surface area contributed by atoms with E-state index in [9.17, 15) is 13.2 Å². The zero-order valence-electron chi connectivity index (χ0n) is 9.98. The highest BCUT2D eigenvalue weighted by atomic mass is 19.4. The van der Waals surface area contributed by atoms with Gasteiger partial charge in [-0.2, -0.15) is 13.2 Å². The normalized spacial score (nSPS) is 18.4. The van der Waals surface area contributed by atoms with Crippen molar-refractivity contribution in [1.82, 2.24) is 0 Å². The van der Waals surface area contributed by atoms with Gasteiger partial charge in [0.1, 0.15) is 0 Å². The van der Waals surface area contributed by atoms with Gasteiger partial charge in [0.15, 0.2) is 0 Å². The Kier molecular flexibility index (Phi) is 3.45. The van der Waals surface area contributed by atoms with E-state index in [1.807, 2.05) is 0 Å². The van der Waals surface area contributed by atoms with Crippen molar-refractivity contribution in [2.75, 3.05) is 0 Å². The summed E-state index contributed by atoms with van der Waals surface area (Å²) in [6.07, 6.45) is 0.826. The second-order valence-corrected chi connectivity index (χ2v) is 4.87. The van der Waals surface area contributed by atoms with Gasteiger partial charge in [-0.05, 0) is 36.8 Å². The van der Waals surface area contributed by atoms with E-state index in [0.29, 0.717) is 11.1 Å². The lowest BCUT2D eigenvalue weighted by molar-refractivity contribution is -0.138. The van der Waals surface area contributed by atoms with Gasteiger partial charge >= 0.3 is 6.18 Å². The molecular weight excluding hydrogens is 225 g/mol. The Morgan fingerprint density at radius 2 is 1.71 bits per heavy atom. The Hall–Kier alpha value is -0.990. The van der Waals surface area contributed by atoms with Crippen LogP contribution in [0.4, 0.5) is 13.2 Å². The molecule has 0 N–H and O–H groups in total. The van der Waals surface area contributed by atoms with Crippen LogP contribution < -0.4 is 0 Å². The Bertz CT molecular complexity index is 387. The summed E-state index contributed by atoms with van der Waals surface area (Å²) in [6, 6.07) is 4.95. The minimum absolute atomic E-state index is 0.0975. The Balaban J connectivity index is 2.42. The van der Waals surface area contributed by atoms with Crippen molar-refractivity contribution in [3.63, 3.8) is 0 Å². The molecule has 0 nitrogen and oxygen atoms in total. The first-order chi connectivity index (χ1) is 8.00. The van der Waals surface area contributed by atoms with Gasteiger partial charge in [0.25, 0.3) is 0 Å². The van der Waals surface area contributed by atoms with E-state index >= 15 is 0 Å². The molecule has 0 saturated heterocycles. The zero-order valence-corrected chi connectivity index (χ0v) is 9.98. The van der Waals surface area contributed by atoms with Gasteiger partial charge < -0.3 is 0 Å². The Morgan fingerprint density at radius 3 is 2.29 bits per heavy atom. The predicted molar refractivity (Wildman–Crippen MR) is 62.0 cm³/mol. The number of aryl methyl sites for hydroxylation is 1. The van der Waals surface area contributed by atoms with Crippen molar-refractivity contribution in [2.24, 2.45) is 0 Å². The van der Waals surface area contributed by atoms with Crippen molar-refractivity contribution in [3.05, 3.63) is 34.9 Å². The lowest BCUT2D eigenvalue weighted by atomic mass is 9.81. The average Bonchev–Trinajstić information content (AvgIpc) is 2.28. The second-order valence-electron chi connectivity index (χ2n) is 4.87. The monoisotopic (exact) mass is 242 g/mol. The third kappa shape index (κ3) is 2.64. The molecular formula is C14H17F3. The van der Waals surface area contributed by atoms with Crippen LogP contribution in [0.3, 0.4) is 0 Å². The molecule has 1 aliphatic rings. The molecule has 0 heterocycles. The first-order valence-electron chi connectivity index (χ1n) is 6.17. The summed E-state index contributed by atoms with van der Waals surface area (Å²) in [5.74, 6) is 0.0975. The summed E-state index contributed by atoms with van der Waals surface area (Å²) in [5, 5.41) is 0. The first-order valence-corrected chi connectivity index (χ1v) is 6.17. The summed E-state index contributed by atoms with van der Waals surface area (Å²) in [6.45, 7) is 1.55. The molecule has 0 amide bonds. The highest BCUT2D eigenvalue weighted by molar-refractivity contribution is 5.39. The summed E-state index contributed by atoms with van der Waals surface area (Å²) in [7, 11) is 0. The van der Waals surface area contributed by atoms with Crippen LogP contribution in [0.1, 0.15) is 54.7 Å². The number of benzene rings is 1. The molecule has 1 fully saturated rings. The maximum atomic E-state index is 13.1. The summed E-state index contributed by atoms with van der Waals surface area (Å²) < 4.78 is 39.2. The number of halogens is 3. The van der Waals surface area contributed by atoms with Crippen molar-refractivity contribution in [1.29, 1.82) is 0 Å². The molecule has 1 aromatic carbocycles. The molecule has 94 valence electrons. The van der Waals surface area contributed by atoms with Gasteiger partial charge in [-0.1, -0.05) is 37.5 Å². The average molecular weight is 242 g/mol. The Morgan fingerprint density at radius 1 is 1.06 bits per heavy atom. The third-order valence-electron chi connectivity index (χ3n) is 3.63. The van der Waals surface area contributed by atoms with E-state index in [0.717, 1.165) is 32.1 Å². The highest BCUT2D eigenvalue weighted by Gasteiger charge is 2.36. The van der Waals surface area contributed by atoms with Crippen molar-refractivity contribution >= 4 is 0 Å². The standard InChI is InChI=1S/C14H17F3/c1-10-6-5-9-12(13(10)14(15,16)17)11-7-3-2-4-8-11/h5-6,9,11H,2-4,7-8H2,1H3. The molecule has 3 heteroatoms. The number of rotatable bonds is 1. The number of hydrogen-bond acceptors (Lipinski definition) is 0. The molecule has 1 saturated carbocycles.